The van der Waals surface area contributed by atoms with Crippen LogP contribution in [0.25, 0.3) is 0 Å². The van der Waals surface area contributed by atoms with Crippen molar-refractivity contribution < 1.29 is 4.79 Å². The molecule has 0 fully saturated rings. The van der Waals surface area contributed by atoms with E-state index in [-0.39, 0.29) is 5.91 Å². The molecule has 0 spiro atoms. The molecule has 2 aromatic rings. The summed E-state index contributed by atoms with van der Waals surface area (Å²) in [6, 6.07) is 17.0. The summed E-state index contributed by atoms with van der Waals surface area (Å²) >= 11 is 0. The Balaban J connectivity index is 2.01. The zero-order chi connectivity index (χ0) is 15.2. The van der Waals surface area contributed by atoms with Gasteiger partial charge in [0.15, 0.2) is 0 Å². The molecular weight excluding hydrogens is 260 g/mol. The van der Waals surface area contributed by atoms with Crippen molar-refractivity contribution in [3.05, 3.63) is 65.2 Å². The van der Waals surface area contributed by atoms with Gasteiger partial charge in [0.1, 0.15) is 0 Å². The number of benzene rings is 2. The lowest BCUT2D eigenvalue weighted by atomic mass is 10.0. The van der Waals surface area contributed by atoms with E-state index in [1.165, 1.54) is 5.56 Å². The van der Waals surface area contributed by atoms with Gasteiger partial charge in [-0.05, 0) is 41.3 Å². The Morgan fingerprint density at radius 3 is 2.52 bits per heavy atom. The van der Waals surface area contributed by atoms with E-state index in [2.05, 4.69) is 31.3 Å². The molecule has 2 rings (SSSR count). The predicted molar refractivity (Wildman–Crippen MR) is 84.0 cm³/mol. The molecular formula is C18H18N2O. The van der Waals surface area contributed by atoms with Crippen LogP contribution in [0.5, 0.6) is 0 Å². The fourth-order valence-corrected chi connectivity index (χ4v) is 2.06. The molecule has 21 heavy (non-hydrogen) atoms. The summed E-state index contributed by atoms with van der Waals surface area (Å²) in [4.78, 5) is 12.0. The average Bonchev–Trinajstić information content (AvgIpc) is 2.48. The van der Waals surface area contributed by atoms with Crippen molar-refractivity contribution in [1.82, 2.24) is 0 Å². The van der Waals surface area contributed by atoms with Crippen molar-refractivity contribution in [2.45, 2.75) is 26.2 Å². The third-order valence-electron chi connectivity index (χ3n) is 3.28. The topological polar surface area (TPSA) is 52.9 Å². The second-order valence-corrected chi connectivity index (χ2v) is 5.31. The summed E-state index contributed by atoms with van der Waals surface area (Å²) in [6.45, 7) is 4.25. The summed E-state index contributed by atoms with van der Waals surface area (Å²) < 4.78 is 0. The molecule has 0 atom stereocenters. The van der Waals surface area contributed by atoms with Crippen LogP contribution < -0.4 is 5.32 Å². The van der Waals surface area contributed by atoms with E-state index in [9.17, 15) is 4.79 Å². The molecule has 3 heteroatoms. The number of carbonyl (C=O) groups excluding carboxylic acids is 1. The maximum atomic E-state index is 12.0. The molecule has 3 nitrogen and oxygen atoms in total. The maximum Gasteiger partial charge on any atom is 0.228 e. The van der Waals surface area contributed by atoms with Crippen molar-refractivity contribution in [2.24, 2.45) is 0 Å². The van der Waals surface area contributed by atoms with Crippen LogP contribution in [-0.4, -0.2) is 5.91 Å². The van der Waals surface area contributed by atoms with Crippen molar-refractivity contribution in [1.29, 1.82) is 5.26 Å². The van der Waals surface area contributed by atoms with E-state index < -0.39 is 0 Å². The number of anilines is 1. The number of nitriles is 1. The molecule has 0 saturated heterocycles. The lowest BCUT2D eigenvalue weighted by Gasteiger charge is -2.09. The molecule has 2 aromatic carbocycles. The van der Waals surface area contributed by atoms with Crippen LogP contribution in [0.3, 0.4) is 0 Å². The lowest BCUT2D eigenvalue weighted by Crippen LogP contribution is -2.14. The Hall–Kier alpha value is -2.60. The molecule has 106 valence electrons. The molecule has 0 radical (unpaired) electrons. The normalized spacial score (nSPS) is 10.2. The van der Waals surface area contributed by atoms with E-state index >= 15 is 0 Å². The Morgan fingerprint density at radius 1 is 1.19 bits per heavy atom. The number of nitrogens with one attached hydrogen (secondary N) is 1. The molecule has 1 amide bonds. The average molecular weight is 278 g/mol. The number of nitrogens with zero attached hydrogens (tertiary/aromatic N) is 1. The molecule has 0 heterocycles. The number of carbonyl (C=O) groups is 1. The Kier molecular flexibility index (Phi) is 4.73. The van der Waals surface area contributed by atoms with Crippen molar-refractivity contribution in [3.63, 3.8) is 0 Å². The predicted octanol–water partition coefficient (Wildman–Crippen LogP) is 3.86. The van der Waals surface area contributed by atoms with Gasteiger partial charge in [0.05, 0.1) is 18.1 Å². The Labute approximate surface area is 125 Å². The van der Waals surface area contributed by atoms with Gasteiger partial charge in [-0.1, -0.05) is 38.1 Å². The maximum absolute atomic E-state index is 12.0. The molecule has 0 saturated carbocycles. The molecule has 0 aliphatic carbocycles. The first-order valence-electron chi connectivity index (χ1n) is 6.97. The summed E-state index contributed by atoms with van der Waals surface area (Å²) in [7, 11) is 0. The second-order valence-electron chi connectivity index (χ2n) is 5.31. The lowest BCUT2D eigenvalue weighted by molar-refractivity contribution is -0.115. The van der Waals surface area contributed by atoms with Gasteiger partial charge in [-0.2, -0.15) is 5.26 Å². The minimum absolute atomic E-state index is 0.0550. The first-order valence-corrected chi connectivity index (χ1v) is 6.97. The molecule has 0 aliphatic rings. The molecule has 0 aliphatic heterocycles. The van der Waals surface area contributed by atoms with E-state index in [0.29, 0.717) is 17.9 Å². The molecule has 0 bridgehead atoms. The van der Waals surface area contributed by atoms with Crippen molar-refractivity contribution in [2.75, 3.05) is 5.32 Å². The van der Waals surface area contributed by atoms with E-state index in [0.717, 1.165) is 11.3 Å². The Bertz CT molecular complexity index is 666. The van der Waals surface area contributed by atoms with Crippen molar-refractivity contribution in [3.8, 4) is 6.07 Å². The summed E-state index contributed by atoms with van der Waals surface area (Å²) in [5.74, 6) is 0.376. The molecule has 0 aromatic heterocycles. The van der Waals surface area contributed by atoms with Gasteiger partial charge in [-0.15, -0.1) is 0 Å². The Morgan fingerprint density at radius 2 is 1.90 bits per heavy atom. The van der Waals surface area contributed by atoms with Crippen LogP contribution in [0.15, 0.2) is 48.5 Å². The standard InChI is InChI=1S/C18H18N2O/c1-13(2)16-4-3-5-17(11-16)20-18(21)10-14-6-8-15(12-19)9-7-14/h3-9,11,13H,10H2,1-2H3,(H,20,21). The quantitative estimate of drug-likeness (QED) is 0.923. The van der Waals surface area contributed by atoms with E-state index in [1.54, 1.807) is 12.1 Å². The van der Waals surface area contributed by atoms with Gasteiger partial charge < -0.3 is 5.32 Å². The largest absolute Gasteiger partial charge is 0.326 e. The molecule has 0 unspecified atom stereocenters. The van der Waals surface area contributed by atoms with E-state index in [4.69, 9.17) is 5.26 Å². The van der Waals surface area contributed by atoms with Crippen LogP contribution in [0.4, 0.5) is 5.69 Å². The molecule has 1 N–H and O–H groups in total. The second kappa shape index (κ2) is 6.71. The SMILES string of the molecule is CC(C)c1cccc(NC(=O)Cc2ccc(C#N)cc2)c1. The van der Waals surface area contributed by atoms with Crippen molar-refractivity contribution >= 4 is 11.6 Å². The first-order chi connectivity index (χ1) is 10.1. The highest BCUT2D eigenvalue weighted by Crippen LogP contribution is 2.18. The van der Waals surface area contributed by atoms with Crippen LogP contribution in [-0.2, 0) is 11.2 Å². The van der Waals surface area contributed by atoms with E-state index in [1.807, 2.05) is 30.3 Å². The van der Waals surface area contributed by atoms with Gasteiger partial charge in [-0.25, -0.2) is 0 Å². The highest BCUT2D eigenvalue weighted by molar-refractivity contribution is 5.92. The summed E-state index contributed by atoms with van der Waals surface area (Å²) in [6.07, 6.45) is 0.303. The van der Waals surface area contributed by atoms with Crippen LogP contribution in [0.2, 0.25) is 0 Å². The number of amides is 1. The monoisotopic (exact) mass is 278 g/mol. The fraction of sp³-hybridized carbons (Fsp3) is 0.222. The zero-order valence-corrected chi connectivity index (χ0v) is 12.3. The van der Waals surface area contributed by atoms with Crippen LogP contribution in [0.1, 0.15) is 36.5 Å². The van der Waals surface area contributed by atoms with Gasteiger partial charge in [0, 0.05) is 5.69 Å². The highest BCUT2D eigenvalue weighted by atomic mass is 16.1. The third-order valence-corrected chi connectivity index (χ3v) is 3.28. The number of rotatable bonds is 4. The van der Waals surface area contributed by atoms with Gasteiger partial charge in [0.2, 0.25) is 5.91 Å². The first kappa shape index (κ1) is 14.8. The minimum Gasteiger partial charge on any atom is -0.326 e. The van der Waals surface area contributed by atoms with Gasteiger partial charge >= 0.3 is 0 Å². The van der Waals surface area contributed by atoms with Gasteiger partial charge in [0.25, 0.3) is 0 Å². The summed E-state index contributed by atoms with van der Waals surface area (Å²) in [5.41, 5.74) is 3.52. The number of hydrogen-bond donors (Lipinski definition) is 1. The fourth-order valence-electron chi connectivity index (χ4n) is 2.06. The van der Waals surface area contributed by atoms with Crippen LogP contribution in [0, 0.1) is 11.3 Å². The third kappa shape index (κ3) is 4.19. The van der Waals surface area contributed by atoms with Gasteiger partial charge in [-0.3, -0.25) is 4.79 Å². The number of hydrogen-bond acceptors (Lipinski definition) is 2. The summed E-state index contributed by atoms with van der Waals surface area (Å²) in [5, 5.41) is 11.7. The minimum atomic E-state index is -0.0550. The zero-order valence-electron chi connectivity index (χ0n) is 12.3. The van der Waals surface area contributed by atoms with Crippen LogP contribution >= 0.6 is 0 Å². The smallest absolute Gasteiger partial charge is 0.228 e. The highest BCUT2D eigenvalue weighted by Gasteiger charge is 2.06.